The molecule has 2 aromatic carbocycles. The number of ether oxygens (including phenoxy) is 2. The molecule has 2 amide bonds. The van der Waals surface area contributed by atoms with Crippen LogP contribution in [0.2, 0.25) is 0 Å². The Kier molecular flexibility index (Phi) is 10.0. The molecule has 16 heteroatoms. The molecule has 0 spiro atoms. The van der Waals surface area contributed by atoms with Gasteiger partial charge in [0.1, 0.15) is 5.75 Å². The summed E-state index contributed by atoms with van der Waals surface area (Å²) in [6.45, 7) is 1.39. The molecule has 4 heterocycles. The maximum Gasteiger partial charge on any atom is 0.253 e. The van der Waals surface area contributed by atoms with Crippen LogP contribution in [-0.4, -0.2) is 89.2 Å². The Morgan fingerprint density at radius 2 is 1.81 bits per heavy atom. The second-order valence-electron chi connectivity index (χ2n) is 10.7. The summed E-state index contributed by atoms with van der Waals surface area (Å²) in [4.78, 5) is 27.5. The van der Waals surface area contributed by atoms with Crippen LogP contribution in [0.25, 0.3) is 0 Å². The summed E-state index contributed by atoms with van der Waals surface area (Å²) in [6, 6.07) is 17.2. The van der Waals surface area contributed by atoms with Gasteiger partial charge in [0, 0.05) is 32.1 Å². The molecular weight excluding hydrogens is 663 g/mol. The van der Waals surface area contributed by atoms with E-state index in [0.717, 1.165) is 21.9 Å². The zero-order chi connectivity index (χ0) is 33.0. The van der Waals surface area contributed by atoms with Gasteiger partial charge in [0.2, 0.25) is 10.0 Å². The van der Waals surface area contributed by atoms with Gasteiger partial charge in [-0.3, -0.25) is 9.59 Å². The molecule has 0 unspecified atom stereocenters. The van der Waals surface area contributed by atoms with Crippen molar-refractivity contribution in [1.82, 2.24) is 29.4 Å². The Labute approximate surface area is 280 Å². The summed E-state index contributed by atoms with van der Waals surface area (Å²) in [5, 5.41) is 20.0. The van der Waals surface area contributed by atoms with Crippen molar-refractivity contribution < 1.29 is 27.5 Å². The van der Waals surface area contributed by atoms with E-state index in [0.29, 0.717) is 49.3 Å². The minimum atomic E-state index is -3.65. The SMILES string of the molecule is COc1ccc([C@@H]2CC(c3cccs3)=NN2C(=O)CSc2nnc(CNC(=O)c3ccc(S(=O)(=O)N4CCOCC4)cc3)n2C)cc1. The van der Waals surface area contributed by atoms with Gasteiger partial charge in [0.05, 0.1) is 54.1 Å². The second kappa shape index (κ2) is 14.4. The van der Waals surface area contributed by atoms with Crippen molar-refractivity contribution in [1.29, 1.82) is 0 Å². The smallest absolute Gasteiger partial charge is 0.253 e. The summed E-state index contributed by atoms with van der Waals surface area (Å²) >= 11 is 2.83. The first kappa shape index (κ1) is 32.8. The fourth-order valence-corrected chi connectivity index (χ4v) is 8.12. The lowest BCUT2D eigenvalue weighted by Gasteiger charge is -2.26. The minimum Gasteiger partial charge on any atom is -0.497 e. The van der Waals surface area contributed by atoms with Crippen LogP contribution >= 0.6 is 23.1 Å². The summed E-state index contributed by atoms with van der Waals surface area (Å²) in [6.07, 6.45) is 0.601. The van der Waals surface area contributed by atoms with Gasteiger partial charge < -0.3 is 19.4 Å². The van der Waals surface area contributed by atoms with Gasteiger partial charge in [-0.15, -0.1) is 21.5 Å². The number of hydrogen-bond donors (Lipinski definition) is 1. The molecule has 2 aromatic heterocycles. The molecule has 0 aliphatic carbocycles. The first-order chi connectivity index (χ1) is 22.7. The van der Waals surface area contributed by atoms with Crippen LogP contribution in [0.3, 0.4) is 0 Å². The third-order valence-electron chi connectivity index (χ3n) is 7.85. The van der Waals surface area contributed by atoms with Crippen molar-refractivity contribution in [3.63, 3.8) is 0 Å². The molecule has 1 fully saturated rings. The number of hydrogen-bond acceptors (Lipinski definition) is 11. The van der Waals surface area contributed by atoms with Gasteiger partial charge in [-0.25, -0.2) is 13.4 Å². The van der Waals surface area contributed by atoms with Crippen molar-refractivity contribution in [2.75, 3.05) is 39.2 Å². The zero-order valence-corrected chi connectivity index (χ0v) is 28.2. The molecular formula is C31H33N7O6S3. The molecule has 1 atom stereocenters. The number of nitrogens with zero attached hydrogens (tertiary/aromatic N) is 6. The number of amides is 2. The van der Waals surface area contributed by atoms with E-state index in [9.17, 15) is 18.0 Å². The molecule has 13 nitrogen and oxygen atoms in total. The fraction of sp³-hybridized carbons (Fsp3) is 0.323. The number of carbonyl (C=O) groups is 2. The largest absolute Gasteiger partial charge is 0.497 e. The predicted molar refractivity (Wildman–Crippen MR) is 177 cm³/mol. The van der Waals surface area contributed by atoms with Crippen LogP contribution < -0.4 is 10.1 Å². The lowest BCUT2D eigenvalue weighted by atomic mass is 10.0. The Morgan fingerprint density at radius 1 is 1.06 bits per heavy atom. The van der Waals surface area contributed by atoms with E-state index >= 15 is 0 Å². The molecule has 47 heavy (non-hydrogen) atoms. The average Bonchev–Trinajstić information content (AvgIpc) is 3.87. The molecule has 2 aliphatic rings. The Balaban J connectivity index is 1.06. The Bertz CT molecular complexity index is 1850. The second-order valence-corrected chi connectivity index (χ2v) is 14.6. The summed E-state index contributed by atoms with van der Waals surface area (Å²) in [5.74, 6) is 0.771. The van der Waals surface area contributed by atoms with Crippen LogP contribution in [-0.2, 0) is 33.1 Å². The van der Waals surface area contributed by atoms with Crippen molar-refractivity contribution in [2.24, 2.45) is 12.1 Å². The van der Waals surface area contributed by atoms with Crippen LogP contribution in [0.1, 0.15) is 39.1 Å². The lowest BCUT2D eigenvalue weighted by molar-refractivity contribution is -0.130. The van der Waals surface area contributed by atoms with Crippen molar-refractivity contribution >= 4 is 50.6 Å². The van der Waals surface area contributed by atoms with Crippen LogP contribution in [0, 0.1) is 0 Å². The molecule has 4 aromatic rings. The first-order valence-corrected chi connectivity index (χ1v) is 18.1. The van der Waals surface area contributed by atoms with E-state index in [1.54, 1.807) is 35.1 Å². The number of carbonyl (C=O) groups excluding carboxylic acids is 2. The number of rotatable bonds is 11. The number of sulfonamides is 1. The highest BCUT2D eigenvalue weighted by Crippen LogP contribution is 2.35. The van der Waals surface area contributed by atoms with Crippen molar-refractivity contribution in [3.05, 3.63) is 87.9 Å². The monoisotopic (exact) mass is 695 g/mol. The van der Waals surface area contributed by atoms with E-state index in [1.807, 2.05) is 41.8 Å². The third kappa shape index (κ3) is 7.26. The minimum absolute atomic E-state index is 0.0881. The topological polar surface area (TPSA) is 148 Å². The molecule has 1 N–H and O–H groups in total. The summed E-state index contributed by atoms with van der Waals surface area (Å²) in [7, 11) is -0.272. The standard InChI is InChI=1S/C31H33N7O6S3/c1-36-28(19-32-30(40)22-7-11-24(12-8-22)47(41,42)37-13-15-44-16-14-37)33-34-31(36)46-20-29(39)38-26(21-5-9-23(43-2)10-6-21)18-25(35-38)27-4-3-17-45-27/h3-12,17,26H,13-16,18-20H2,1-2H3,(H,32,40)/t26-/m0/s1. The highest BCUT2D eigenvalue weighted by molar-refractivity contribution is 7.99. The number of thioether (sulfide) groups is 1. The quantitative estimate of drug-likeness (QED) is 0.234. The highest BCUT2D eigenvalue weighted by atomic mass is 32.2. The van der Waals surface area contributed by atoms with Crippen LogP contribution in [0.15, 0.2) is 81.2 Å². The maximum absolute atomic E-state index is 13.5. The van der Waals surface area contributed by atoms with Gasteiger partial charge in [-0.1, -0.05) is 30.0 Å². The molecule has 6 rings (SSSR count). The number of methoxy groups -OCH3 is 1. The zero-order valence-electron chi connectivity index (χ0n) is 25.7. The van der Waals surface area contributed by atoms with E-state index < -0.39 is 10.0 Å². The van der Waals surface area contributed by atoms with Gasteiger partial charge in [-0.05, 0) is 53.4 Å². The first-order valence-electron chi connectivity index (χ1n) is 14.8. The number of thiophene rings is 1. The molecule has 0 bridgehead atoms. The molecule has 0 radical (unpaired) electrons. The van der Waals surface area contributed by atoms with Crippen molar-refractivity contribution in [2.45, 2.75) is 29.1 Å². The number of benzene rings is 2. The normalized spacial score (nSPS) is 17.0. The Morgan fingerprint density at radius 3 is 2.49 bits per heavy atom. The van der Waals surface area contributed by atoms with Crippen molar-refractivity contribution in [3.8, 4) is 5.75 Å². The number of nitrogens with one attached hydrogen (secondary N) is 1. The predicted octanol–water partition coefficient (Wildman–Crippen LogP) is 3.31. The van der Waals surface area contributed by atoms with E-state index in [4.69, 9.17) is 14.6 Å². The van der Waals surface area contributed by atoms with Gasteiger partial charge in [0.25, 0.3) is 11.8 Å². The molecule has 0 saturated carbocycles. The van der Waals surface area contributed by atoms with Gasteiger partial charge in [0.15, 0.2) is 11.0 Å². The Hall–Kier alpha value is -4.09. The highest BCUT2D eigenvalue weighted by Gasteiger charge is 2.34. The van der Waals surface area contributed by atoms with E-state index in [1.165, 1.54) is 40.3 Å². The number of aromatic nitrogens is 3. The lowest BCUT2D eigenvalue weighted by Crippen LogP contribution is -2.40. The molecule has 1 saturated heterocycles. The van der Waals surface area contributed by atoms with Gasteiger partial charge in [-0.2, -0.15) is 9.41 Å². The average molecular weight is 696 g/mol. The summed E-state index contributed by atoms with van der Waals surface area (Å²) < 4.78 is 39.4. The summed E-state index contributed by atoms with van der Waals surface area (Å²) in [5.41, 5.74) is 2.14. The van der Waals surface area contributed by atoms with Crippen LogP contribution in [0.5, 0.6) is 5.75 Å². The van der Waals surface area contributed by atoms with E-state index in [2.05, 4.69) is 15.5 Å². The molecule has 2 aliphatic heterocycles. The third-order valence-corrected chi connectivity index (χ3v) is 11.7. The molecule has 246 valence electrons. The number of morpholine rings is 1. The van der Waals surface area contributed by atoms with Gasteiger partial charge >= 0.3 is 0 Å². The maximum atomic E-state index is 13.5. The number of hydrazone groups is 1. The van der Waals surface area contributed by atoms with E-state index in [-0.39, 0.29) is 35.0 Å². The fourth-order valence-electron chi connectivity index (χ4n) is 5.21. The van der Waals surface area contributed by atoms with Crippen LogP contribution in [0.4, 0.5) is 0 Å².